The monoisotopic (exact) mass is 581 g/mol. The first kappa shape index (κ1) is 28.7. The average Bonchev–Trinajstić information content (AvgIpc) is 3.83. The zero-order chi connectivity index (χ0) is 30.0. The molecule has 4 aromatic rings. The molecule has 1 aliphatic rings. The van der Waals surface area contributed by atoms with Crippen LogP contribution in [0.2, 0.25) is 0 Å². The van der Waals surface area contributed by atoms with Gasteiger partial charge >= 0.3 is 0 Å². The SMILES string of the molecule is CC(C)OCc1nc(=O)c(S(=O)(=O)c2ccc(-c3ccncc3C#N)cc2)c(O)n1C(c1cccc(C#N)c1)C1CC1. The number of nitriles is 2. The molecule has 42 heavy (non-hydrogen) atoms. The van der Waals surface area contributed by atoms with Crippen LogP contribution in [0.4, 0.5) is 0 Å². The fraction of sp³-hybridized carbons (Fsp3) is 0.258. The van der Waals surface area contributed by atoms with E-state index in [2.05, 4.69) is 22.1 Å². The number of benzene rings is 2. The molecule has 0 aliphatic heterocycles. The van der Waals surface area contributed by atoms with Crippen LogP contribution in [0.5, 0.6) is 5.88 Å². The summed E-state index contributed by atoms with van der Waals surface area (Å²) in [6.07, 6.45) is 4.34. The molecule has 10 nitrogen and oxygen atoms in total. The molecule has 1 atom stereocenters. The molecule has 0 bridgehead atoms. The summed E-state index contributed by atoms with van der Waals surface area (Å²) in [6.45, 7) is 3.49. The highest BCUT2D eigenvalue weighted by molar-refractivity contribution is 7.91. The van der Waals surface area contributed by atoms with E-state index in [4.69, 9.17) is 4.74 Å². The van der Waals surface area contributed by atoms with Crippen molar-refractivity contribution >= 4 is 9.84 Å². The number of aromatic nitrogens is 3. The van der Waals surface area contributed by atoms with Gasteiger partial charge in [0.2, 0.25) is 15.7 Å². The Morgan fingerprint density at radius 1 is 1.10 bits per heavy atom. The van der Waals surface area contributed by atoms with Crippen molar-refractivity contribution in [3.8, 4) is 29.1 Å². The molecule has 11 heteroatoms. The predicted molar refractivity (Wildman–Crippen MR) is 152 cm³/mol. The van der Waals surface area contributed by atoms with E-state index in [1.54, 1.807) is 30.3 Å². The van der Waals surface area contributed by atoms with Crippen molar-refractivity contribution in [1.82, 2.24) is 14.5 Å². The van der Waals surface area contributed by atoms with Crippen molar-refractivity contribution in [2.24, 2.45) is 5.92 Å². The van der Waals surface area contributed by atoms with Gasteiger partial charge in [-0.3, -0.25) is 14.3 Å². The highest BCUT2D eigenvalue weighted by Gasteiger charge is 2.39. The second kappa shape index (κ2) is 11.6. The highest BCUT2D eigenvalue weighted by Crippen LogP contribution is 2.46. The number of nitrogens with zero attached hydrogens (tertiary/aromatic N) is 5. The van der Waals surface area contributed by atoms with Crippen molar-refractivity contribution in [2.45, 2.75) is 55.2 Å². The number of rotatable bonds is 9. The largest absolute Gasteiger partial charge is 0.493 e. The minimum Gasteiger partial charge on any atom is -0.493 e. The topological polar surface area (TPSA) is 159 Å². The summed E-state index contributed by atoms with van der Waals surface area (Å²) in [7, 11) is -4.54. The number of pyridine rings is 1. The third-order valence-corrected chi connectivity index (χ3v) is 8.86. The van der Waals surface area contributed by atoms with Crippen LogP contribution >= 0.6 is 0 Å². The van der Waals surface area contributed by atoms with E-state index < -0.39 is 32.2 Å². The number of hydrogen-bond donors (Lipinski definition) is 1. The van der Waals surface area contributed by atoms with Gasteiger partial charge in [0.1, 0.15) is 18.5 Å². The minimum absolute atomic E-state index is 0.0245. The molecule has 0 amide bonds. The van der Waals surface area contributed by atoms with Crippen LogP contribution < -0.4 is 5.56 Å². The lowest BCUT2D eigenvalue weighted by molar-refractivity contribution is 0.0568. The standard InChI is InChI=1S/C31H27N5O5S/c1-19(2)41-18-27-35-30(37)29(31(38)36(27)28(22-6-7-22)23-5-3-4-20(14-23)15-32)42(39,40)25-10-8-21(9-11-25)26-12-13-34-17-24(26)16-33/h3-5,8-14,17,19,22,28,38H,6-7,18H2,1-2H3. The Bertz CT molecular complexity index is 1900. The minimum atomic E-state index is -4.54. The van der Waals surface area contributed by atoms with E-state index in [0.29, 0.717) is 27.8 Å². The molecule has 2 aromatic heterocycles. The van der Waals surface area contributed by atoms with Crippen LogP contribution in [0.1, 0.15) is 55.2 Å². The van der Waals surface area contributed by atoms with Crippen molar-refractivity contribution in [3.05, 3.63) is 99.9 Å². The summed E-state index contributed by atoms with van der Waals surface area (Å²) in [5.41, 5.74) is 1.47. The van der Waals surface area contributed by atoms with Gasteiger partial charge in [0, 0.05) is 18.0 Å². The molecule has 1 N–H and O–H groups in total. The van der Waals surface area contributed by atoms with Crippen molar-refractivity contribution in [3.63, 3.8) is 0 Å². The summed E-state index contributed by atoms with van der Waals surface area (Å²) in [5.74, 6) is -0.625. The van der Waals surface area contributed by atoms with Crippen LogP contribution in [-0.4, -0.2) is 34.2 Å². The molecule has 0 spiro atoms. The fourth-order valence-electron chi connectivity index (χ4n) is 4.92. The maximum Gasteiger partial charge on any atom is 0.296 e. The van der Waals surface area contributed by atoms with Gasteiger partial charge in [-0.2, -0.15) is 15.5 Å². The molecule has 1 saturated carbocycles. The quantitative estimate of drug-likeness (QED) is 0.300. The Kier molecular flexibility index (Phi) is 7.90. The van der Waals surface area contributed by atoms with Gasteiger partial charge in [-0.25, -0.2) is 8.42 Å². The van der Waals surface area contributed by atoms with E-state index in [9.17, 15) is 28.8 Å². The second-order valence-corrected chi connectivity index (χ2v) is 12.2. The van der Waals surface area contributed by atoms with E-state index in [1.165, 1.54) is 41.2 Å². The lowest BCUT2D eigenvalue weighted by Gasteiger charge is -2.26. The lowest BCUT2D eigenvalue weighted by Crippen LogP contribution is -2.29. The van der Waals surface area contributed by atoms with Gasteiger partial charge in [0.25, 0.3) is 5.56 Å². The molecule has 0 saturated heterocycles. The predicted octanol–water partition coefficient (Wildman–Crippen LogP) is 4.51. The lowest BCUT2D eigenvalue weighted by atomic mass is 9.99. The van der Waals surface area contributed by atoms with E-state index in [-0.39, 0.29) is 29.3 Å². The molecule has 212 valence electrons. The number of hydrogen-bond acceptors (Lipinski definition) is 9. The Morgan fingerprint density at radius 2 is 1.83 bits per heavy atom. The Labute approximate surface area is 243 Å². The van der Waals surface area contributed by atoms with Crippen molar-refractivity contribution < 1.29 is 18.3 Å². The Balaban J connectivity index is 1.66. The molecule has 0 radical (unpaired) electrons. The normalized spacial score (nSPS) is 13.8. The molecule has 2 aromatic carbocycles. The van der Waals surface area contributed by atoms with E-state index >= 15 is 0 Å². The van der Waals surface area contributed by atoms with Crippen LogP contribution in [-0.2, 0) is 21.2 Å². The molecule has 5 rings (SSSR count). The van der Waals surface area contributed by atoms with E-state index in [1.807, 2.05) is 13.8 Å². The van der Waals surface area contributed by atoms with Gasteiger partial charge in [0.05, 0.1) is 34.2 Å². The zero-order valence-electron chi connectivity index (χ0n) is 22.9. The second-order valence-electron chi connectivity index (χ2n) is 10.3. The van der Waals surface area contributed by atoms with Gasteiger partial charge in [0.15, 0.2) is 4.90 Å². The molecule has 1 aliphatic carbocycles. The third-order valence-electron chi connectivity index (χ3n) is 7.07. The molecule has 1 unspecified atom stereocenters. The van der Waals surface area contributed by atoms with Crippen LogP contribution in [0.25, 0.3) is 11.1 Å². The van der Waals surface area contributed by atoms with Gasteiger partial charge in [-0.15, -0.1) is 0 Å². The van der Waals surface area contributed by atoms with Crippen LogP contribution in [0, 0.1) is 28.6 Å². The highest BCUT2D eigenvalue weighted by atomic mass is 32.2. The first-order valence-electron chi connectivity index (χ1n) is 13.3. The summed E-state index contributed by atoms with van der Waals surface area (Å²) >= 11 is 0. The first-order chi connectivity index (χ1) is 20.1. The average molecular weight is 582 g/mol. The van der Waals surface area contributed by atoms with Gasteiger partial charge in [-0.1, -0.05) is 24.3 Å². The fourth-order valence-corrected chi connectivity index (χ4v) is 6.27. The molecular weight excluding hydrogens is 554 g/mol. The van der Waals surface area contributed by atoms with E-state index in [0.717, 1.165) is 12.8 Å². The molecule has 2 heterocycles. The molecular formula is C31H27N5O5S. The van der Waals surface area contributed by atoms with Crippen molar-refractivity contribution in [2.75, 3.05) is 0 Å². The summed E-state index contributed by atoms with van der Waals surface area (Å²) in [4.78, 5) is 20.3. The maximum atomic E-state index is 13.9. The Hall–Kier alpha value is -4.84. The Morgan fingerprint density at radius 3 is 2.48 bits per heavy atom. The van der Waals surface area contributed by atoms with Crippen LogP contribution in [0.3, 0.4) is 0 Å². The van der Waals surface area contributed by atoms with Gasteiger partial charge in [-0.05, 0) is 74.1 Å². The summed E-state index contributed by atoms with van der Waals surface area (Å²) < 4.78 is 34.8. The number of ether oxygens (including phenoxy) is 1. The zero-order valence-corrected chi connectivity index (χ0v) is 23.7. The third kappa shape index (κ3) is 5.53. The smallest absolute Gasteiger partial charge is 0.296 e. The maximum absolute atomic E-state index is 13.9. The summed E-state index contributed by atoms with van der Waals surface area (Å²) in [6, 6.07) is 17.8. The molecule has 1 fully saturated rings. The first-order valence-corrected chi connectivity index (χ1v) is 14.8. The van der Waals surface area contributed by atoms with Gasteiger partial charge < -0.3 is 9.84 Å². The number of aromatic hydroxyl groups is 1. The van der Waals surface area contributed by atoms with Crippen molar-refractivity contribution in [1.29, 1.82) is 10.5 Å². The number of sulfone groups is 1. The van der Waals surface area contributed by atoms with Crippen LogP contribution in [0.15, 0.2) is 81.6 Å². The summed E-state index contributed by atoms with van der Waals surface area (Å²) in [5, 5.41) is 30.5.